The molecule has 0 aromatic heterocycles. The molecule has 0 saturated carbocycles. The van der Waals surface area contributed by atoms with Crippen LogP contribution < -0.4 is 4.74 Å². The maximum atomic E-state index is 5.94. The van der Waals surface area contributed by atoms with Gasteiger partial charge in [0.15, 0.2) is 0 Å². The highest BCUT2D eigenvalue weighted by molar-refractivity contribution is 5.26. The maximum absolute atomic E-state index is 5.94. The Labute approximate surface area is 138 Å². The summed E-state index contributed by atoms with van der Waals surface area (Å²) in [6, 6.07) is 18.0. The minimum Gasteiger partial charge on any atom is -0.497 e. The molecule has 2 rings (SSSR count). The topological polar surface area (TPSA) is 27.7 Å². The van der Waals surface area contributed by atoms with Gasteiger partial charge < -0.3 is 14.2 Å². The first-order valence-corrected chi connectivity index (χ1v) is 7.79. The highest BCUT2D eigenvalue weighted by Gasteiger charge is 2.08. The summed E-state index contributed by atoms with van der Waals surface area (Å²) in [5.41, 5.74) is 2.28. The highest BCUT2D eigenvalue weighted by atomic mass is 16.5. The van der Waals surface area contributed by atoms with E-state index in [0.29, 0.717) is 19.8 Å². The molecule has 1 atom stereocenters. The molecule has 0 N–H and O–H groups in total. The summed E-state index contributed by atoms with van der Waals surface area (Å²) in [4.78, 5) is 0. The lowest BCUT2D eigenvalue weighted by atomic mass is 10.2. The Morgan fingerprint density at radius 3 is 2.30 bits per heavy atom. The monoisotopic (exact) mass is 312 g/mol. The van der Waals surface area contributed by atoms with E-state index in [2.05, 4.69) is 18.7 Å². The Hall–Kier alpha value is -2.10. The number of benzene rings is 2. The predicted octanol–water partition coefficient (Wildman–Crippen LogP) is 4.37. The molecule has 0 fully saturated rings. The molecule has 0 bridgehead atoms. The Bertz CT molecular complexity index is 563. The summed E-state index contributed by atoms with van der Waals surface area (Å²) >= 11 is 0. The summed E-state index contributed by atoms with van der Waals surface area (Å²) in [6.07, 6.45) is 2.65. The van der Waals surface area contributed by atoms with E-state index in [1.165, 1.54) is 5.56 Å². The van der Waals surface area contributed by atoms with Gasteiger partial charge in [0.2, 0.25) is 0 Å². The molecule has 2 aromatic carbocycles. The Balaban J connectivity index is 1.77. The van der Waals surface area contributed by atoms with Crippen molar-refractivity contribution in [3.05, 3.63) is 78.4 Å². The molecule has 2 aromatic rings. The van der Waals surface area contributed by atoms with Crippen LogP contribution in [-0.4, -0.2) is 19.8 Å². The molecule has 0 unspecified atom stereocenters. The van der Waals surface area contributed by atoms with Crippen LogP contribution in [-0.2, 0) is 22.7 Å². The van der Waals surface area contributed by atoms with Crippen molar-refractivity contribution in [2.24, 2.45) is 0 Å². The average molecular weight is 312 g/mol. The van der Waals surface area contributed by atoms with Gasteiger partial charge in [-0.3, -0.25) is 0 Å². The molecule has 122 valence electrons. The van der Waals surface area contributed by atoms with Gasteiger partial charge in [-0.1, -0.05) is 48.5 Å². The second-order valence-corrected chi connectivity index (χ2v) is 5.31. The van der Waals surface area contributed by atoms with Crippen molar-refractivity contribution in [3.8, 4) is 5.75 Å². The van der Waals surface area contributed by atoms with Gasteiger partial charge >= 0.3 is 0 Å². The molecule has 0 heterocycles. The van der Waals surface area contributed by atoms with Gasteiger partial charge in [0.05, 0.1) is 33.0 Å². The molecule has 0 spiro atoms. The lowest BCUT2D eigenvalue weighted by Crippen LogP contribution is -2.19. The van der Waals surface area contributed by atoms with Crippen LogP contribution in [0.3, 0.4) is 0 Å². The van der Waals surface area contributed by atoms with Crippen LogP contribution in [0.5, 0.6) is 5.75 Å². The van der Waals surface area contributed by atoms with Gasteiger partial charge in [0.25, 0.3) is 0 Å². The SMILES string of the molecule is C=CC[C@H](COCc1ccccc1)OCc1ccc(OC)cc1. The molecule has 0 aliphatic heterocycles. The average Bonchev–Trinajstić information content (AvgIpc) is 2.61. The first kappa shape index (κ1) is 17.3. The molecule has 23 heavy (non-hydrogen) atoms. The third-order valence-corrected chi connectivity index (χ3v) is 3.49. The van der Waals surface area contributed by atoms with E-state index in [-0.39, 0.29) is 6.10 Å². The predicted molar refractivity (Wildman–Crippen MR) is 92.5 cm³/mol. The van der Waals surface area contributed by atoms with Gasteiger partial charge in [-0.25, -0.2) is 0 Å². The van der Waals surface area contributed by atoms with E-state index in [9.17, 15) is 0 Å². The third-order valence-electron chi connectivity index (χ3n) is 3.49. The van der Waals surface area contributed by atoms with E-state index in [4.69, 9.17) is 14.2 Å². The maximum Gasteiger partial charge on any atom is 0.118 e. The number of ether oxygens (including phenoxy) is 3. The highest BCUT2D eigenvalue weighted by Crippen LogP contribution is 2.14. The number of methoxy groups -OCH3 is 1. The van der Waals surface area contributed by atoms with E-state index in [1.807, 2.05) is 48.5 Å². The Morgan fingerprint density at radius 2 is 1.65 bits per heavy atom. The van der Waals surface area contributed by atoms with Crippen molar-refractivity contribution in [3.63, 3.8) is 0 Å². The van der Waals surface area contributed by atoms with Crippen LogP contribution in [0.4, 0.5) is 0 Å². The zero-order valence-corrected chi connectivity index (χ0v) is 13.6. The fourth-order valence-corrected chi connectivity index (χ4v) is 2.19. The van der Waals surface area contributed by atoms with Crippen LogP contribution >= 0.6 is 0 Å². The van der Waals surface area contributed by atoms with Crippen molar-refractivity contribution < 1.29 is 14.2 Å². The van der Waals surface area contributed by atoms with Crippen molar-refractivity contribution in [1.29, 1.82) is 0 Å². The fourth-order valence-electron chi connectivity index (χ4n) is 2.19. The van der Waals surface area contributed by atoms with Crippen molar-refractivity contribution in [2.45, 2.75) is 25.7 Å². The van der Waals surface area contributed by atoms with Gasteiger partial charge in [0, 0.05) is 0 Å². The van der Waals surface area contributed by atoms with Crippen LogP contribution in [0, 0.1) is 0 Å². The standard InChI is InChI=1S/C20H24O3/c1-3-7-20(16-22-14-17-8-5-4-6-9-17)23-15-18-10-12-19(21-2)13-11-18/h3-6,8-13,20H,1,7,14-16H2,2H3/t20-/m1/s1. The molecule has 3 heteroatoms. The van der Waals surface area contributed by atoms with Crippen LogP contribution in [0.25, 0.3) is 0 Å². The summed E-state index contributed by atoms with van der Waals surface area (Å²) in [5.74, 6) is 0.850. The number of hydrogen-bond donors (Lipinski definition) is 0. The van der Waals surface area contributed by atoms with E-state index in [0.717, 1.165) is 17.7 Å². The second kappa shape index (κ2) is 9.82. The Kier molecular flexibility index (Phi) is 7.37. The molecule has 0 aliphatic carbocycles. The summed E-state index contributed by atoms with van der Waals surface area (Å²) in [5, 5.41) is 0. The first-order valence-electron chi connectivity index (χ1n) is 7.79. The quantitative estimate of drug-likeness (QED) is 0.610. The third kappa shape index (κ3) is 6.27. The molecule has 0 radical (unpaired) electrons. The van der Waals surface area contributed by atoms with Gasteiger partial charge in [0.1, 0.15) is 5.75 Å². The van der Waals surface area contributed by atoms with E-state index >= 15 is 0 Å². The summed E-state index contributed by atoms with van der Waals surface area (Å²) < 4.78 is 16.9. The van der Waals surface area contributed by atoms with Crippen molar-refractivity contribution in [2.75, 3.05) is 13.7 Å². The van der Waals surface area contributed by atoms with E-state index in [1.54, 1.807) is 7.11 Å². The van der Waals surface area contributed by atoms with Crippen molar-refractivity contribution >= 4 is 0 Å². The smallest absolute Gasteiger partial charge is 0.118 e. The minimum atomic E-state index is 0.0123. The molecule has 0 saturated heterocycles. The number of rotatable bonds is 10. The zero-order valence-electron chi connectivity index (χ0n) is 13.6. The normalized spacial score (nSPS) is 11.9. The molecule has 0 amide bonds. The van der Waals surface area contributed by atoms with Gasteiger partial charge in [-0.15, -0.1) is 6.58 Å². The second-order valence-electron chi connectivity index (χ2n) is 5.31. The molecule has 0 aliphatic rings. The van der Waals surface area contributed by atoms with E-state index < -0.39 is 0 Å². The van der Waals surface area contributed by atoms with Crippen LogP contribution in [0.15, 0.2) is 67.3 Å². The van der Waals surface area contributed by atoms with Crippen LogP contribution in [0.1, 0.15) is 17.5 Å². The summed E-state index contributed by atoms with van der Waals surface area (Å²) in [7, 11) is 1.66. The molecular formula is C20H24O3. The van der Waals surface area contributed by atoms with Gasteiger partial charge in [-0.05, 0) is 29.7 Å². The zero-order chi connectivity index (χ0) is 16.3. The first-order chi connectivity index (χ1) is 11.3. The fraction of sp³-hybridized carbons (Fsp3) is 0.300. The van der Waals surface area contributed by atoms with Crippen molar-refractivity contribution in [1.82, 2.24) is 0 Å². The Morgan fingerprint density at radius 1 is 0.957 bits per heavy atom. The summed E-state index contributed by atoms with van der Waals surface area (Å²) in [6.45, 7) is 5.50. The molecule has 3 nitrogen and oxygen atoms in total. The van der Waals surface area contributed by atoms with Crippen LogP contribution in [0.2, 0.25) is 0 Å². The lowest BCUT2D eigenvalue weighted by Gasteiger charge is -2.17. The molecular weight excluding hydrogens is 288 g/mol. The lowest BCUT2D eigenvalue weighted by molar-refractivity contribution is -0.0277. The van der Waals surface area contributed by atoms with Gasteiger partial charge in [-0.2, -0.15) is 0 Å². The minimum absolute atomic E-state index is 0.0123. The number of hydrogen-bond acceptors (Lipinski definition) is 3. The largest absolute Gasteiger partial charge is 0.497 e.